The van der Waals surface area contributed by atoms with E-state index in [9.17, 15) is 18.8 Å². The highest BCUT2D eigenvalue weighted by Gasteiger charge is 2.16. The Morgan fingerprint density at radius 2 is 1.76 bits per heavy atom. The van der Waals surface area contributed by atoms with E-state index in [2.05, 4.69) is 32.8 Å². The molecule has 0 saturated carbocycles. The molecule has 0 aliphatic carbocycles. The Labute approximate surface area is 283 Å². The first-order valence-corrected chi connectivity index (χ1v) is 15.8. The van der Waals surface area contributed by atoms with Crippen molar-refractivity contribution in [1.82, 2.24) is 25.2 Å². The van der Waals surface area contributed by atoms with Crippen molar-refractivity contribution in [2.75, 3.05) is 18.4 Å². The van der Waals surface area contributed by atoms with E-state index >= 15 is 0 Å². The number of urea groups is 1. The number of halogens is 1. The Bertz CT molecular complexity index is 2100. The molecule has 0 aliphatic rings. The molecule has 0 fully saturated rings. The van der Waals surface area contributed by atoms with Crippen LogP contribution in [-0.2, 0) is 17.7 Å². The molecule has 3 N–H and O–H groups in total. The summed E-state index contributed by atoms with van der Waals surface area (Å²) in [5.41, 5.74) is 3.94. The van der Waals surface area contributed by atoms with Crippen LogP contribution in [0.4, 0.5) is 19.7 Å². The van der Waals surface area contributed by atoms with Gasteiger partial charge in [-0.3, -0.25) is 14.3 Å². The van der Waals surface area contributed by atoms with Crippen LogP contribution in [0.25, 0.3) is 22.0 Å². The Balaban J connectivity index is 1.39. The van der Waals surface area contributed by atoms with E-state index < -0.39 is 11.7 Å². The molecule has 11 heteroatoms. The summed E-state index contributed by atoms with van der Waals surface area (Å²) in [4.78, 5) is 47.0. The lowest BCUT2D eigenvalue weighted by molar-refractivity contribution is 0.0525. The molecule has 0 radical (unpaired) electrons. The second kappa shape index (κ2) is 15.3. The van der Waals surface area contributed by atoms with Gasteiger partial charge in [-0.2, -0.15) is 0 Å². The lowest BCUT2D eigenvalue weighted by Gasteiger charge is -2.20. The molecule has 3 amide bonds. The van der Waals surface area contributed by atoms with Gasteiger partial charge in [0.15, 0.2) is 0 Å². The molecule has 5 aromatic rings. The zero-order valence-corrected chi connectivity index (χ0v) is 27.8. The summed E-state index contributed by atoms with van der Waals surface area (Å²) in [6, 6.07) is 20.1. The predicted molar refractivity (Wildman–Crippen MR) is 188 cm³/mol. The van der Waals surface area contributed by atoms with Gasteiger partial charge in [0, 0.05) is 48.8 Å². The Kier molecular flexibility index (Phi) is 10.7. The zero-order chi connectivity index (χ0) is 35.0. The van der Waals surface area contributed by atoms with Gasteiger partial charge in [0.1, 0.15) is 17.2 Å². The van der Waals surface area contributed by atoms with Crippen LogP contribution in [0.2, 0.25) is 0 Å². The highest BCUT2D eigenvalue weighted by atomic mass is 19.1. The molecule has 0 unspecified atom stereocenters. The molecule has 5 rings (SSSR count). The van der Waals surface area contributed by atoms with E-state index in [1.807, 2.05) is 30.3 Å². The molecular weight excluding hydrogens is 623 g/mol. The fourth-order valence-electron chi connectivity index (χ4n) is 5.04. The third-order valence-corrected chi connectivity index (χ3v) is 7.35. The number of amides is 3. The van der Waals surface area contributed by atoms with Crippen molar-refractivity contribution in [3.63, 3.8) is 0 Å². The fourth-order valence-corrected chi connectivity index (χ4v) is 5.04. The van der Waals surface area contributed by atoms with Gasteiger partial charge < -0.3 is 20.7 Å². The normalized spacial score (nSPS) is 11.0. The summed E-state index contributed by atoms with van der Waals surface area (Å²) in [5.74, 6) is 6.38. The SMILES string of the molecule is Cc1nc2cc(-c3ccc(NC(=O)NCCc4cccnc4)cc3C#Cc3ccc(F)cc3)ccc2c(=O)n1CCNC(=O)OC(C)(C)C. The zero-order valence-electron chi connectivity index (χ0n) is 27.8. The molecule has 0 saturated heterocycles. The molecule has 0 spiro atoms. The summed E-state index contributed by atoms with van der Waals surface area (Å²) in [6.07, 6.45) is 3.54. The third-order valence-electron chi connectivity index (χ3n) is 7.35. The van der Waals surface area contributed by atoms with E-state index in [1.54, 1.807) is 70.4 Å². The summed E-state index contributed by atoms with van der Waals surface area (Å²) < 4.78 is 20.3. The number of ether oxygens (including phenoxy) is 1. The van der Waals surface area contributed by atoms with Crippen molar-refractivity contribution < 1.29 is 18.7 Å². The Morgan fingerprint density at radius 3 is 2.49 bits per heavy atom. The topological polar surface area (TPSA) is 127 Å². The number of aryl methyl sites for hydroxylation is 1. The van der Waals surface area contributed by atoms with Gasteiger partial charge in [-0.15, -0.1) is 0 Å². The maximum absolute atomic E-state index is 13.5. The molecule has 0 atom stereocenters. The molecule has 250 valence electrons. The second-order valence-corrected chi connectivity index (χ2v) is 12.3. The number of carbonyl (C=O) groups excluding carboxylic acids is 2. The molecule has 10 nitrogen and oxygen atoms in total. The largest absolute Gasteiger partial charge is 0.444 e. The van der Waals surface area contributed by atoms with Gasteiger partial charge in [-0.1, -0.05) is 30.0 Å². The van der Waals surface area contributed by atoms with Crippen molar-refractivity contribution in [2.45, 2.75) is 46.3 Å². The van der Waals surface area contributed by atoms with Crippen molar-refractivity contribution >= 4 is 28.7 Å². The van der Waals surface area contributed by atoms with Crippen LogP contribution in [0, 0.1) is 24.6 Å². The Morgan fingerprint density at radius 1 is 0.959 bits per heavy atom. The van der Waals surface area contributed by atoms with E-state index in [1.165, 1.54) is 16.7 Å². The molecule has 0 aliphatic heterocycles. The van der Waals surface area contributed by atoms with E-state index in [-0.39, 0.29) is 30.5 Å². The van der Waals surface area contributed by atoms with Crippen molar-refractivity contribution in [2.24, 2.45) is 0 Å². The van der Waals surface area contributed by atoms with Crippen LogP contribution in [0.5, 0.6) is 0 Å². The molecule has 2 heterocycles. The van der Waals surface area contributed by atoms with Gasteiger partial charge in [0.25, 0.3) is 5.56 Å². The number of rotatable bonds is 8. The smallest absolute Gasteiger partial charge is 0.407 e. The number of hydrogen-bond donors (Lipinski definition) is 3. The first-order valence-electron chi connectivity index (χ1n) is 15.8. The maximum Gasteiger partial charge on any atom is 0.407 e. The summed E-state index contributed by atoms with van der Waals surface area (Å²) in [6.45, 7) is 7.92. The second-order valence-electron chi connectivity index (χ2n) is 12.3. The van der Waals surface area contributed by atoms with E-state index in [4.69, 9.17) is 9.72 Å². The first-order chi connectivity index (χ1) is 23.4. The number of anilines is 1. The van der Waals surface area contributed by atoms with Crippen molar-refractivity contribution in [3.8, 4) is 23.0 Å². The number of hydrogen-bond acceptors (Lipinski definition) is 6. The minimum absolute atomic E-state index is 0.194. The number of alkyl carbamates (subject to hydrolysis) is 1. The third kappa shape index (κ3) is 9.51. The summed E-state index contributed by atoms with van der Waals surface area (Å²) >= 11 is 0. The summed E-state index contributed by atoms with van der Waals surface area (Å²) in [5, 5.41) is 8.82. The van der Waals surface area contributed by atoms with Gasteiger partial charge in [-0.05, 0) is 105 Å². The van der Waals surface area contributed by atoms with E-state index in [0.29, 0.717) is 46.5 Å². The van der Waals surface area contributed by atoms with Crippen molar-refractivity contribution in [1.29, 1.82) is 0 Å². The van der Waals surface area contributed by atoms with Gasteiger partial charge in [-0.25, -0.2) is 19.0 Å². The Hall–Kier alpha value is -6.02. The minimum atomic E-state index is -0.627. The number of nitrogens with one attached hydrogen (secondary N) is 3. The monoisotopic (exact) mass is 660 g/mol. The molecule has 2 aromatic heterocycles. The van der Waals surface area contributed by atoms with Crippen molar-refractivity contribution in [3.05, 3.63) is 124 Å². The fraction of sp³-hybridized carbons (Fsp3) is 0.237. The highest BCUT2D eigenvalue weighted by molar-refractivity contribution is 5.91. The highest BCUT2D eigenvalue weighted by Crippen LogP contribution is 2.28. The molecule has 3 aromatic carbocycles. The quantitative estimate of drug-likeness (QED) is 0.170. The maximum atomic E-state index is 13.5. The number of aromatic nitrogens is 3. The molecular formula is C38H37FN6O4. The number of carbonyl (C=O) groups is 2. The first kappa shape index (κ1) is 34.3. The summed E-state index contributed by atoms with van der Waals surface area (Å²) in [7, 11) is 0. The van der Waals surface area contributed by atoms with Crippen LogP contribution in [0.1, 0.15) is 43.3 Å². The lowest BCUT2D eigenvalue weighted by Crippen LogP contribution is -2.36. The number of pyridine rings is 1. The standard InChI is InChI=1S/C38H37FN6O4/c1-25-43-34-23-29(11-15-33(34)35(46)45(25)21-20-42-37(48)49-38(2,3)4)32-16-14-31(22-28(32)10-7-26-8-12-30(39)13-9-26)44-36(47)41-19-17-27-6-5-18-40-24-27/h5-6,8-9,11-16,18,22-24H,17,19-21H2,1-4H3,(H,42,48)(H2,41,44,47). The molecule has 49 heavy (non-hydrogen) atoms. The van der Waals surface area contributed by atoms with Crippen LogP contribution < -0.4 is 21.5 Å². The number of benzene rings is 3. The van der Waals surface area contributed by atoms with Gasteiger partial charge >= 0.3 is 12.1 Å². The molecule has 0 bridgehead atoms. The van der Waals surface area contributed by atoms with Gasteiger partial charge in [0.2, 0.25) is 0 Å². The predicted octanol–water partition coefficient (Wildman–Crippen LogP) is 6.19. The van der Waals surface area contributed by atoms with Crippen LogP contribution in [0.3, 0.4) is 0 Å². The van der Waals surface area contributed by atoms with E-state index in [0.717, 1.165) is 16.7 Å². The van der Waals surface area contributed by atoms with Crippen LogP contribution in [-0.4, -0.2) is 45.3 Å². The number of nitrogens with zero attached hydrogens (tertiary/aromatic N) is 3. The lowest BCUT2D eigenvalue weighted by atomic mass is 9.98. The average Bonchev–Trinajstić information content (AvgIpc) is 3.05. The minimum Gasteiger partial charge on any atom is -0.444 e. The van der Waals surface area contributed by atoms with Gasteiger partial charge in [0.05, 0.1) is 10.9 Å². The van der Waals surface area contributed by atoms with Crippen LogP contribution >= 0.6 is 0 Å². The van der Waals surface area contributed by atoms with Crippen LogP contribution in [0.15, 0.2) is 90.0 Å². The average molecular weight is 661 g/mol. The number of fused-ring (bicyclic) bond motifs is 1.